The molecule has 0 saturated carbocycles. The number of carbonyl (C=O) groups excluding carboxylic acids is 1. The molecule has 148 valence electrons. The fourth-order valence-corrected chi connectivity index (χ4v) is 4.52. The SMILES string of the molecule is Cc1ccccc1NC(=O)c1ccc(CC2CCc3c(ccc(Cl)c3Cl)C2)cc1. The highest BCUT2D eigenvalue weighted by molar-refractivity contribution is 6.42. The standard InChI is InChI=1S/C25H23Cl2NO/c1-16-4-2-3-5-23(16)28-25(29)19-9-6-17(7-10-19)14-18-8-12-21-20(15-18)11-13-22(26)24(21)27/h2-7,9-11,13,18H,8,12,14-15H2,1H3,(H,28,29). The Balaban J connectivity index is 1.40. The lowest BCUT2D eigenvalue weighted by Crippen LogP contribution is -2.17. The highest BCUT2D eigenvalue weighted by Crippen LogP contribution is 2.36. The molecule has 1 aliphatic rings. The fourth-order valence-electron chi connectivity index (χ4n) is 4.06. The van der Waals surface area contributed by atoms with Crippen LogP contribution in [-0.4, -0.2) is 5.91 Å². The van der Waals surface area contributed by atoms with Gasteiger partial charge < -0.3 is 5.32 Å². The second-order valence-electron chi connectivity index (χ2n) is 7.78. The number of hydrogen-bond donors (Lipinski definition) is 1. The van der Waals surface area contributed by atoms with Gasteiger partial charge in [0.05, 0.1) is 10.0 Å². The number of nitrogens with one attached hydrogen (secondary N) is 1. The van der Waals surface area contributed by atoms with E-state index in [9.17, 15) is 4.79 Å². The summed E-state index contributed by atoms with van der Waals surface area (Å²) in [5.74, 6) is 0.496. The van der Waals surface area contributed by atoms with Crippen molar-refractivity contribution in [3.05, 3.63) is 98.5 Å². The number of halogens is 2. The Labute approximate surface area is 181 Å². The Hall–Kier alpha value is -2.29. The summed E-state index contributed by atoms with van der Waals surface area (Å²) < 4.78 is 0. The zero-order chi connectivity index (χ0) is 20.4. The molecular weight excluding hydrogens is 401 g/mol. The molecule has 0 heterocycles. The third-order valence-electron chi connectivity index (χ3n) is 5.74. The van der Waals surface area contributed by atoms with Crippen molar-refractivity contribution in [3.63, 3.8) is 0 Å². The second kappa shape index (κ2) is 8.61. The normalized spacial score (nSPS) is 15.6. The molecule has 0 aromatic heterocycles. The van der Waals surface area contributed by atoms with Crippen molar-refractivity contribution in [1.82, 2.24) is 0 Å². The smallest absolute Gasteiger partial charge is 0.255 e. The van der Waals surface area contributed by atoms with E-state index in [2.05, 4.69) is 23.5 Å². The summed E-state index contributed by atoms with van der Waals surface area (Å²) >= 11 is 12.5. The predicted molar refractivity (Wildman–Crippen MR) is 121 cm³/mol. The maximum Gasteiger partial charge on any atom is 0.255 e. The molecule has 0 fully saturated rings. The number of rotatable bonds is 4. The molecule has 1 atom stereocenters. The molecule has 2 nitrogen and oxygen atoms in total. The maximum atomic E-state index is 12.5. The molecule has 0 spiro atoms. The molecule has 4 heteroatoms. The van der Waals surface area contributed by atoms with E-state index >= 15 is 0 Å². The summed E-state index contributed by atoms with van der Waals surface area (Å²) in [5.41, 5.74) is 6.35. The molecule has 4 rings (SSSR count). The molecule has 3 aromatic rings. The van der Waals surface area contributed by atoms with E-state index in [0.717, 1.165) is 36.9 Å². The summed E-state index contributed by atoms with van der Waals surface area (Å²) in [6.07, 6.45) is 4.08. The van der Waals surface area contributed by atoms with Gasteiger partial charge in [-0.3, -0.25) is 4.79 Å². The van der Waals surface area contributed by atoms with Crippen molar-refractivity contribution in [2.24, 2.45) is 5.92 Å². The van der Waals surface area contributed by atoms with Gasteiger partial charge in [-0.2, -0.15) is 0 Å². The number of carbonyl (C=O) groups is 1. The Bertz CT molecular complexity index is 1040. The van der Waals surface area contributed by atoms with Crippen LogP contribution in [-0.2, 0) is 19.3 Å². The molecule has 0 aliphatic heterocycles. The molecule has 3 aromatic carbocycles. The van der Waals surface area contributed by atoms with Crippen LogP contribution in [0.25, 0.3) is 0 Å². The van der Waals surface area contributed by atoms with Gasteiger partial charge in [0.1, 0.15) is 0 Å². The minimum absolute atomic E-state index is 0.0797. The summed E-state index contributed by atoms with van der Waals surface area (Å²) in [6.45, 7) is 1.99. The van der Waals surface area contributed by atoms with Gasteiger partial charge in [0.2, 0.25) is 0 Å². The van der Waals surface area contributed by atoms with Crippen LogP contribution in [0.5, 0.6) is 0 Å². The summed E-state index contributed by atoms with van der Waals surface area (Å²) in [4.78, 5) is 12.5. The first-order valence-electron chi connectivity index (χ1n) is 9.93. The molecule has 0 bridgehead atoms. The van der Waals surface area contributed by atoms with E-state index in [1.807, 2.05) is 49.4 Å². The van der Waals surface area contributed by atoms with Gasteiger partial charge in [0.25, 0.3) is 5.91 Å². The Morgan fingerprint density at radius 3 is 2.55 bits per heavy atom. The Kier molecular flexibility index (Phi) is 5.94. The average Bonchev–Trinajstić information content (AvgIpc) is 2.73. The van der Waals surface area contributed by atoms with Gasteiger partial charge in [0, 0.05) is 11.3 Å². The van der Waals surface area contributed by atoms with Crippen molar-refractivity contribution in [2.45, 2.75) is 32.6 Å². The fraction of sp³-hybridized carbons (Fsp3) is 0.240. The first-order valence-corrected chi connectivity index (χ1v) is 10.7. The topological polar surface area (TPSA) is 29.1 Å². The lowest BCUT2D eigenvalue weighted by atomic mass is 9.81. The molecule has 1 unspecified atom stereocenters. The van der Waals surface area contributed by atoms with Crippen molar-refractivity contribution < 1.29 is 4.79 Å². The van der Waals surface area contributed by atoms with Crippen LogP contribution in [0.15, 0.2) is 60.7 Å². The Morgan fingerprint density at radius 2 is 1.79 bits per heavy atom. The predicted octanol–water partition coefficient (Wildman–Crippen LogP) is 6.90. The van der Waals surface area contributed by atoms with E-state index in [1.54, 1.807) is 0 Å². The zero-order valence-corrected chi connectivity index (χ0v) is 17.9. The van der Waals surface area contributed by atoms with Gasteiger partial charge in [-0.05, 0) is 85.0 Å². The lowest BCUT2D eigenvalue weighted by Gasteiger charge is -2.26. The quantitative estimate of drug-likeness (QED) is 0.485. The van der Waals surface area contributed by atoms with E-state index in [-0.39, 0.29) is 5.91 Å². The van der Waals surface area contributed by atoms with Crippen LogP contribution in [0, 0.1) is 12.8 Å². The van der Waals surface area contributed by atoms with Gasteiger partial charge in [0.15, 0.2) is 0 Å². The largest absolute Gasteiger partial charge is 0.322 e. The van der Waals surface area contributed by atoms with Crippen LogP contribution in [0.2, 0.25) is 10.0 Å². The molecule has 0 radical (unpaired) electrons. The van der Waals surface area contributed by atoms with Gasteiger partial charge >= 0.3 is 0 Å². The number of anilines is 1. The third kappa shape index (κ3) is 4.49. The first-order chi connectivity index (χ1) is 14.0. The molecule has 29 heavy (non-hydrogen) atoms. The highest BCUT2D eigenvalue weighted by Gasteiger charge is 2.22. The molecule has 0 saturated heterocycles. The second-order valence-corrected chi connectivity index (χ2v) is 8.56. The Morgan fingerprint density at radius 1 is 1.03 bits per heavy atom. The lowest BCUT2D eigenvalue weighted by molar-refractivity contribution is 0.102. The van der Waals surface area contributed by atoms with E-state index in [4.69, 9.17) is 23.2 Å². The van der Waals surface area contributed by atoms with E-state index in [1.165, 1.54) is 16.7 Å². The van der Waals surface area contributed by atoms with Crippen LogP contribution in [0.3, 0.4) is 0 Å². The van der Waals surface area contributed by atoms with E-state index < -0.39 is 0 Å². The average molecular weight is 424 g/mol. The molecule has 1 amide bonds. The van der Waals surface area contributed by atoms with Crippen molar-refractivity contribution in [2.75, 3.05) is 5.32 Å². The minimum atomic E-state index is -0.0797. The third-order valence-corrected chi connectivity index (χ3v) is 6.58. The monoisotopic (exact) mass is 423 g/mol. The summed E-state index contributed by atoms with van der Waals surface area (Å²) in [7, 11) is 0. The van der Waals surface area contributed by atoms with Crippen molar-refractivity contribution in [3.8, 4) is 0 Å². The summed E-state index contributed by atoms with van der Waals surface area (Å²) in [5, 5.41) is 4.34. The number of fused-ring (bicyclic) bond motifs is 1. The van der Waals surface area contributed by atoms with Gasteiger partial charge in [-0.1, -0.05) is 59.6 Å². The van der Waals surface area contributed by atoms with E-state index in [0.29, 0.717) is 21.5 Å². The van der Waals surface area contributed by atoms with Crippen LogP contribution in [0.1, 0.15) is 39.0 Å². The van der Waals surface area contributed by atoms with Crippen molar-refractivity contribution >= 4 is 34.8 Å². The van der Waals surface area contributed by atoms with Gasteiger partial charge in [-0.25, -0.2) is 0 Å². The van der Waals surface area contributed by atoms with Crippen LogP contribution in [0.4, 0.5) is 5.69 Å². The highest BCUT2D eigenvalue weighted by atomic mass is 35.5. The summed E-state index contributed by atoms with van der Waals surface area (Å²) in [6, 6.07) is 19.8. The number of hydrogen-bond acceptors (Lipinski definition) is 1. The number of benzene rings is 3. The molecular formula is C25H23Cl2NO. The number of amides is 1. The zero-order valence-electron chi connectivity index (χ0n) is 16.3. The molecule has 1 N–H and O–H groups in total. The number of para-hydroxylation sites is 1. The first kappa shape index (κ1) is 20.0. The van der Waals surface area contributed by atoms with Crippen LogP contribution >= 0.6 is 23.2 Å². The maximum absolute atomic E-state index is 12.5. The number of aryl methyl sites for hydroxylation is 1. The molecule has 1 aliphatic carbocycles. The van der Waals surface area contributed by atoms with Crippen LogP contribution < -0.4 is 5.32 Å². The van der Waals surface area contributed by atoms with Crippen molar-refractivity contribution in [1.29, 1.82) is 0 Å². The van der Waals surface area contributed by atoms with Gasteiger partial charge in [-0.15, -0.1) is 0 Å². The minimum Gasteiger partial charge on any atom is -0.322 e.